The van der Waals surface area contributed by atoms with E-state index in [9.17, 15) is 13.2 Å². The van der Waals surface area contributed by atoms with Crippen molar-refractivity contribution in [3.05, 3.63) is 28.7 Å². The summed E-state index contributed by atoms with van der Waals surface area (Å²) in [6.45, 7) is 3.57. The molecule has 0 spiro atoms. The van der Waals surface area contributed by atoms with Crippen molar-refractivity contribution < 1.29 is 13.2 Å². The van der Waals surface area contributed by atoms with Crippen LogP contribution < -0.4 is 10.6 Å². The van der Waals surface area contributed by atoms with E-state index in [1.807, 2.05) is 0 Å². The Balaban J connectivity index is 0.00000243. The second-order valence-corrected chi connectivity index (χ2v) is 9.79. The van der Waals surface area contributed by atoms with Crippen molar-refractivity contribution in [2.75, 3.05) is 32.7 Å². The monoisotopic (exact) mass is 419 g/mol. The van der Waals surface area contributed by atoms with Gasteiger partial charge in [-0.15, -0.1) is 23.7 Å². The van der Waals surface area contributed by atoms with Crippen LogP contribution in [0.3, 0.4) is 0 Å². The van der Waals surface area contributed by atoms with Crippen molar-refractivity contribution in [1.82, 2.24) is 14.9 Å². The third-order valence-corrected chi connectivity index (χ3v) is 8.00. The van der Waals surface area contributed by atoms with Crippen LogP contribution in [0.15, 0.2) is 28.0 Å². The summed E-state index contributed by atoms with van der Waals surface area (Å²) in [6, 6.07) is 3.39. The zero-order chi connectivity index (χ0) is 17.7. The van der Waals surface area contributed by atoms with Crippen molar-refractivity contribution >= 4 is 39.7 Å². The number of carbonyl (C=O) groups is 1. The lowest BCUT2D eigenvalue weighted by Gasteiger charge is -2.25. The Morgan fingerprint density at radius 3 is 2.69 bits per heavy atom. The number of hydrogen-bond acceptors (Lipinski definition) is 5. The van der Waals surface area contributed by atoms with Gasteiger partial charge in [-0.2, -0.15) is 4.31 Å². The largest absolute Gasteiger partial charge is 0.352 e. The summed E-state index contributed by atoms with van der Waals surface area (Å²) < 4.78 is 27.2. The van der Waals surface area contributed by atoms with Crippen molar-refractivity contribution in [1.29, 1.82) is 0 Å². The van der Waals surface area contributed by atoms with E-state index in [4.69, 9.17) is 0 Å². The molecular weight excluding hydrogens is 394 g/mol. The van der Waals surface area contributed by atoms with E-state index in [2.05, 4.69) is 16.7 Å². The lowest BCUT2D eigenvalue weighted by Crippen LogP contribution is -2.35. The van der Waals surface area contributed by atoms with Crippen molar-refractivity contribution in [2.24, 2.45) is 0 Å². The zero-order valence-corrected chi connectivity index (χ0v) is 17.1. The highest BCUT2D eigenvalue weighted by Gasteiger charge is 2.27. The van der Waals surface area contributed by atoms with Gasteiger partial charge < -0.3 is 10.6 Å². The lowest BCUT2D eigenvalue weighted by atomic mass is 10.1. The fourth-order valence-electron chi connectivity index (χ4n) is 3.09. The highest BCUT2D eigenvalue weighted by Crippen LogP contribution is 2.27. The third kappa shape index (κ3) is 5.53. The van der Waals surface area contributed by atoms with E-state index in [1.165, 1.54) is 16.9 Å². The molecule has 26 heavy (non-hydrogen) atoms. The van der Waals surface area contributed by atoms with Crippen molar-refractivity contribution in [3.8, 4) is 0 Å². The minimum atomic E-state index is -3.40. The van der Waals surface area contributed by atoms with E-state index in [1.54, 1.807) is 16.4 Å². The minimum Gasteiger partial charge on any atom is -0.352 e. The predicted octanol–water partition coefficient (Wildman–Crippen LogP) is 1.92. The van der Waals surface area contributed by atoms with Gasteiger partial charge in [0.1, 0.15) is 4.21 Å². The van der Waals surface area contributed by atoms with Gasteiger partial charge in [0.15, 0.2) is 0 Å². The molecule has 1 aromatic rings. The molecule has 2 aliphatic rings. The molecule has 3 rings (SSSR count). The van der Waals surface area contributed by atoms with Crippen molar-refractivity contribution in [3.63, 3.8) is 0 Å². The Morgan fingerprint density at radius 1 is 1.23 bits per heavy atom. The second kappa shape index (κ2) is 9.85. The molecule has 1 aromatic heterocycles. The second-order valence-electron chi connectivity index (χ2n) is 6.46. The van der Waals surface area contributed by atoms with Crippen LogP contribution in [0.4, 0.5) is 0 Å². The van der Waals surface area contributed by atoms with Crippen LogP contribution in [0.25, 0.3) is 0 Å². The van der Waals surface area contributed by atoms with E-state index in [-0.39, 0.29) is 24.7 Å². The summed E-state index contributed by atoms with van der Waals surface area (Å²) in [7, 11) is -3.40. The molecule has 9 heteroatoms. The van der Waals surface area contributed by atoms with Gasteiger partial charge in [-0.05, 0) is 37.9 Å². The van der Waals surface area contributed by atoms with E-state index < -0.39 is 10.0 Å². The molecule has 6 nitrogen and oxygen atoms in total. The Bertz CT molecular complexity index is 740. The fraction of sp³-hybridized carbons (Fsp3) is 0.588. The number of piperidine rings is 1. The SMILES string of the molecule is Cl.O=C(Cc1ccc(S(=O)(=O)N2CCCCC2)s1)NCC1=CCNCC1. The van der Waals surface area contributed by atoms with Gasteiger partial charge >= 0.3 is 0 Å². The highest BCUT2D eigenvalue weighted by atomic mass is 35.5. The first-order chi connectivity index (χ1) is 12.1. The van der Waals surface area contributed by atoms with Gasteiger partial charge in [-0.25, -0.2) is 8.42 Å². The first kappa shape index (κ1) is 21.4. The topological polar surface area (TPSA) is 78.5 Å². The standard InChI is InChI=1S/C17H25N3O3S2.ClH/c21-16(19-13-14-6-8-18-9-7-14)12-15-4-5-17(24-15)25(22,23)20-10-2-1-3-11-20;/h4-6,18H,1-3,7-13H2,(H,19,21);1H. The maximum atomic E-state index is 12.6. The lowest BCUT2D eigenvalue weighted by molar-refractivity contribution is -0.120. The van der Waals surface area contributed by atoms with Gasteiger partial charge in [0.25, 0.3) is 10.0 Å². The van der Waals surface area contributed by atoms with E-state index in [0.29, 0.717) is 23.8 Å². The molecule has 2 N–H and O–H groups in total. The number of halogens is 1. The number of hydrogen-bond donors (Lipinski definition) is 2. The summed E-state index contributed by atoms with van der Waals surface area (Å²) in [5, 5.41) is 6.16. The summed E-state index contributed by atoms with van der Waals surface area (Å²) >= 11 is 1.21. The maximum absolute atomic E-state index is 12.6. The molecule has 0 aromatic carbocycles. The molecule has 0 aliphatic carbocycles. The smallest absolute Gasteiger partial charge is 0.252 e. The molecule has 0 radical (unpaired) electrons. The van der Waals surface area contributed by atoms with Gasteiger partial charge in [0.05, 0.1) is 6.42 Å². The number of nitrogens with zero attached hydrogens (tertiary/aromatic N) is 1. The average Bonchev–Trinajstić information content (AvgIpc) is 3.11. The Hall–Kier alpha value is -0.930. The first-order valence-corrected chi connectivity index (χ1v) is 11.1. The third-order valence-electron chi connectivity index (χ3n) is 4.55. The van der Waals surface area contributed by atoms with Gasteiger partial charge in [0.2, 0.25) is 5.91 Å². The Kier molecular flexibility index (Phi) is 8.09. The van der Waals surface area contributed by atoms with Crippen LogP contribution >= 0.6 is 23.7 Å². The molecule has 1 fully saturated rings. The van der Waals surface area contributed by atoms with Gasteiger partial charge in [-0.1, -0.05) is 18.1 Å². The fourth-order valence-corrected chi connectivity index (χ4v) is 6.11. The number of amides is 1. The normalized spacial score (nSPS) is 18.7. The molecule has 0 bridgehead atoms. The van der Waals surface area contributed by atoms with Crippen LogP contribution in [0.1, 0.15) is 30.6 Å². The van der Waals surface area contributed by atoms with Crippen LogP contribution in [-0.2, 0) is 21.2 Å². The van der Waals surface area contributed by atoms with E-state index >= 15 is 0 Å². The van der Waals surface area contributed by atoms with Crippen molar-refractivity contribution in [2.45, 2.75) is 36.3 Å². The summed E-state index contributed by atoms with van der Waals surface area (Å²) in [5.74, 6) is -0.0665. The maximum Gasteiger partial charge on any atom is 0.252 e. The number of nitrogens with one attached hydrogen (secondary N) is 2. The van der Waals surface area contributed by atoms with E-state index in [0.717, 1.165) is 43.6 Å². The zero-order valence-electron chi connectivity index (χ0n) is 14.7. The van der Waals surface area contributed by atoms with Gasteiger partial charge in [0, 0.05) is 31.1 Å². The molecular formula is C17H26ClN3O3S2. The number of sulfonamides is 1. The molecule has 3 heterocycles. The molecule has 146 valence electrons. The van der Waals surface area contributed by atoms with Gasteiger partial charge in [-0.3, -0.25) is 4.79 Å². The summed E-state index contributed by atoms with van der Waals surface area (Å²) in [5.41, 5.74) is 1.24. The molecule has 1 amide bonds. The summed E-state index contributed by atoms with van der Waals surface area (Å²) in [4.78, 5) is 12.9. The van der Waals surface area contributed by atoms with Crippen LogP contribution in [0.5, 0.6) is 0 Å². The minimum absolute atomic E-state index is 0. The quantitative estimate of drug-likeness (QED) is 0.690. The number of carbonyl (C=O) groups excluding carboxylic acids is 1. The highest BCUT2D eigenvalue weighted by molar-refractivity contribution is 7.91. The molecule has 0 unspecified atom stereocenters. The molecule has 1 saturated heterocycles. The average molecular weight is 420 g/mol. The summed E-state index contributed by atoms with van der Waals surface area (Å²) in [6.07, 6.45) is 6.23. The molecule has 0 saturated carbocycles. The Morgan fingerprint density at radius 2 is 2.00 bits per heavy atom. The number of rotatable bonds is 6. The Labute approximate surface area is 165 Å². The van der Waals surface area contributed by atoms with Crippen LogP contribution in [-0.4, -0.2) is 51.4 Å². The molecule has 0 atom stereocenters. The predicted molar refractivity (Wildman–Crippen MR) is 106 cm³/mol. The van der Waals surface area contributed by atoms with Crippen LogP contribution in [0.2, 0.25) is 0 Å². The molecule has 2 aliphatic heterocycles. The number of thiophene rings is 1. The first-order valence-electron chi connectivity index (χ1n) is 8.80. The van der Waals surface area contributed by atoms with Crippen LogP contribution in [0, 0.1) is 0 Å².